The van der Waals surface area contributed by atoms with E-state index in [0.717, 1.165) is 6.20 Å². The topological polar surface area (TPSA) is 136 Å². The Bertz CT molecular complexity index is 1140. The zero-order valence-corrected chi connectivity index (χ0v) is 15.0. The second-order valence-corrected chi connectivity index (χ2v) is 5.82. The van der Waals surface area contributed by atoms with Gasteiger partial charge in [0.15, 0.2) is 18.2 Å². The van der Waals surface area contributed by atoms with Gasteiger partial charge in [-0.1, -0.05) is 6.07 Å². The minimum Gasteiger partial charge on any atom is -0.493 e. The fourth-order valence-electron chi connectivity index (χ4n) is 2.63. The van der Waals surface area contributed by atoms with Crippen LogP contribution in [0.2, 0.25) is 0 Å². The number of aryl methyl sites for hydroxylation is 1. The van der Waals surface area contributed by atoms with E-state index in [1.807, 2.05) is 6.07 Å². The lowest BCUT2D eigenvalue weighted by atomic mass is 10.0. The Morgan fingerprint density at radius 2 is 2.14 bits per heavy atom. The number of H-pyrrole nitrogens is 1. The van der Waals surface area contributed by atoms with Crippen molar-refractivity contribution in [3.8, 4) is 28.7 Å². The van der Waals surface area contributed by atoms with E-state index in [1.165, 1.54) is 18.0 Å². The summed E-state index contributed by atoms with van der Waals surface area (Å²) in [5.74, 6) is 0.755. The molecule has 2 aromatic heterocycles. The molecule has 0 radical (unpaired) electrons. The molecular formula is C18H15N5O5. The van der Waals surface area contributed by atoms with Gasteiger partial charge < -0.3 is 14.5 Å². The maximum atomic E-state index is 12.0. The van der Waals surface area contributed by atoms with Crippen LogP contribution in [0.3, 0.4) is 0 Å². The molecule has 0 aliphatic heterocycles. The zero-order chi connectivity index (χ0) is 20.3. The van der Waals surface area contributed by atoms with Gasteiger partial charge in [-0.05, 0) is 30.7 Å². The fourth-order valence-corrected chi connectivity index (χ4v) is 2.63. The van der Waals surface area contributed by atoms with E-state index in [0.29, 0.717) is 28.3 Å². The Morgan fingerprint density at radius 3 is 2.79 bits per heavy atom. The number of hydrogen-bond acceptors (Lipinski definition) is 7. The van der Waals surface area contributed by atoms with Gasteiger partial charge in [-0.15, -0.1) is 0 Å². The molecule has 142 valence electrons. The highest BCUT2D eigenvalue weighted by molar-refractivity contribution is 5.72. The molecule has 3 aromatic rings. The van der Waals surface area contributed by atoms with Gasteiger partial charge in [-0.3, -0.25) is 14.9 Å². The third kappa shape index (κ3) is 3.68. The standard InChI is InChI=1S/C18H15N5O5/c1-11-5-14(15(7-19)18(24)21-11)12-3-4-16(17(6-12)27-2)28-10-22-9-13(8-20-22)23(25)26/h3-6,8-9H,10H2,1-2H3,(H,21,24). The monoisotopic (exact) mass is 381 g/mol. The molecule has 0 bridgehead atoms. The van der Waals surface area contributed by atoms with Crippen molar-refractivity contribution in [3.05, 3.63) is 68.4 Å². The van der Waals surface area contributed by atoms with Crippen LogP contribution in [-0.4, -0.2) is 26.8 Å². The van der Waals surface area contributed by atoms with Crippen molar-refractivity contribution in [1.29, 1.82) is 5.26 Å². The first-order valence-electron chi connectivity index (χ1n) is 8.05. The molecule has 0 fully saturated rings. The Morgan fingerprint density at radius 1 is 1.36 bits per heavy atom. The van der Waals surface area contributed by atoms with Gasteiger partial charge in [0.1, 0.15) is 24.0 Å². The van der Waals surface area contributed by atoms with Crippen LogP contribution in [0.5, 0.6) is 11.5 Å². The first kappa shape index (κ1) is 18.7. The Labute approximate surface area is 158 Å². The summed E-state index contributed by atoms with van der Waals surface area (Å²) < 4.78 is 12.2. The summed E-state index contributed by atoms with van der Waals surface area (Å²) in [6.45, 7) is 1.67. The van der Waals surface area contributed by atoms with Gasteiger partial charge in [0.2, 0.25) is 0 Å². The third-order valence-electron chi connectivity index (χ3n) is 3.94. The number of rotatable bonds is 6. The molecule has 1 N–H and O–H groups in total. The molecule has 2 heterocycles. The number of aromatic amines is 1. The normalized spacial score (nSPS) is 10.3. The smallest absolute Gasteiger partial charge is 0.307 e. The fraction of sp³-hybridized carbons (Fsp3) is 0.167. The molecule has 10 heteroatoms. The van der Waals surface area contributed by atoms with E-state index in [4.69, 9.17) is 9.47 Å². The minimum atomic E-state index is -0.546. The molecule has 0 atom stereocenters. The number of aromatic nitrogens is 3. The van der Waals surface area contributed by atoms with E-state index in [1.54, 1.807) is 31.2 Å². The van der Waals surface area contributed by atoms with Crippen LogP contribution in [0.4, 0.5) is 5.69 Å². The average Bonchev–Trinajstić information content (AvgIpc) is 3.15. The summed E-state index contributed by atoms with van der Waals surface area (Å²) in [4.78, 5) is 24.8. The van der Waals surface area contributed by atoms with Gasteiger partial charge in [-0.2, -0.15) is 10.4 Å². The van der Waals surface area contributed by atoms with Gasteiger partial charge in [0.25, 0.3) is 5.56 Å². The number of methoxy groups -OCH3 is 1. The molecule has 0 aliphatic carbocycles. The van der Waals surface area contributed by atoms with E-state index in [-0.39, 0.29) is 18.0 Å². The van der Waals surface area contributed by atoms with Crippen LogP contribution in [0.25, 0.3) is 11.1 Å². The molecule has 0 spiro atoms. The second-order valence-electron chi connectivity index (χ2n) is 5.82. The Kier molecular flexibility index (Phi) is 5.08. The number of nitriles is 1. The van der Waals surface area contributed by atoms with E-state index < -0.39 is 10.5 Å². The van der Waals surface area contributed by atoms with Crippen LogP contribution < -0.4 is 15.0 Å². The molecule has 28 heavy (non-hydrogen) atoms. The van der Waals surface area contributed by atoms with Crippen molar-refractivity contribution in [3.63, 3.8) is 0 Å². The molecule has 0 unspecified atom stereocenters. The van der Waals surface area contributed by atoms with E-state index >= 15 is 0 Å². The molecule has 0 saturated heterocycles. The van der Waals surface area contributed by atoms with Gasteiger partial charge in [0, 0.05) is 11.3 Å². The average molecular weight is 381 g/mol. The predicted octanol–water partition coefficient (Wildman–Crippen LogP) is 2.37. The summed E-state index contributed by atoms with van der Waals surface area (Å²) in [6.07, 6.45) is 2.38. The van der Waals surface area contributed by atoms with Crippen molar-refractivity contribution in [2.75, 3.05) is 7.11 Å². The summed E-state index contributed by atoms with van der Waals surface area (Å²) in [7, 11) is 1.46. The molecule has 1 aromatic carbocycles. The lowest BCUT2D eigenvalue weighted by Crippen LogP contribution is -2.12. The maximum Gasteiger partial charge on any atom is 0.307 e. The van der Waals surface area contributed by atoms with Crippen molar-refractivity contribution >= 4 is 5.69 Å². The van der Waals surface area contributed by atoms with Crippen molar-refractivity contribution < 1.29 is 14.4 Å². The third-order valence-corrected chi connectivity index (χ3v) is 3.94. The van der Waals surface area contributed by atoms with Gasteiger partial charge >= 0.3 is 5.69 Å². The van der Waals surface area contributed by atoms with E-state index in [9.17, 15) is 20.2 Å². The highest BCUT2D eigenvalue weighted by Crippen LogP contribution is 2.33. The largest absolute Gasteiger partial charge is 0.493 e. The SMILES string of the molecule is COc1cc(-c2cc(C)[nH]c(=O)c2C#N)ccc1OCn1cc([N+](=O)[O-])cn1. The summed E-state index contributed by atoms with van der Waals surface area (Å²) in [6, 6.07) is 8.59. The quantitative estimate of drug-likeness (QED) is 0.511. The predicted molar refractivity (Wildman–Crippen MR) is 98.0 cm³/mol. The molecule has 0 amide bonds. The van der Waals surface area contributed by atoms with Crippen molar-refractivity contribution in [2.45, 2.75) is 13.7 Å². The zero-order valence-electron chi connectivity index (χ0n) is 15.0. The number of benzene rings is 1. The lowest BCUT2D eigenvalue weighted by Gasteiger charge is -2.13. The van der Waals surface area contributed by atoms with Gasteiger partial charge in [-0.25, -0.2) is 4.68 Å². The minimum absolute atomic E-state index is 0.00479. The molecular weight excluding hydrogens is 366 g/mol. The first-order chi connectivity index (χ1) is 13.4. The number of nitrogens with zero attached hydrogens (tertiary/aromatic N) is 4. The Hall–Kier alpha value is -4.13. The van der Waals surface area contributed by atoms with Crippen LogP contribution >= 0.6 is 0 Å². The maximum absolute atomic E-state index is 12.0. The van der Waals surface area contributed by atoms with Crippen molar-refractivity contribution in [1.82, 2.24) is 14.8 Å². The summed E-state index contributed by atoms with van der Waals surface area (Å²) >= 11 is 0. The van der Waals surface area contributed by atoms with Gasteiger partial charge in [0.05, 0.1) is 12.0 Å². The molecule has 10 nitrogen and oxygen atoms in total. The first-order valence-corrected chi connectivity index (χ1v) is 8.05. The van der Waals surface area contributed by atoms with Crippen LogP contribution in [0.15, 0.2) is 41.5 Å². The number of hydrogen-bond donors (Lipinski definition) is 1. The Balaban J connectivity index is 1.90. The summed E-state index contributed by atoms with van der Waals surface area (Å²) in [5, 5.41) is 23.9. The highest BCUT2D eigenvalue weighted by atomic mass is 16.6. The van der Waals surface area contributed by atoms with E-state index in [2.05, 4.69) is 10.1 Å². The lowest BCUT2D eigenvalue weighted by molar-refractivity contribution is -0.385. The van der Waals surface area contributed by atoms with Crippen LogP contribution in [0.1, 0.15) is 11.3 Å². The number of nitrogens with one attached hydrogen (secondary N) is 1. The van der Waals surface area contributed by atoms with Crippen molar-refractivity contribution in [2.24, 2.45) is 0 Å². The number of nitro groups is 1. The molecule has 0 aliphatic rings. The summed E-state index contributed by atoms with van der Waals surface area (Å²) in [5.41, 5.74) is 1.13. The second kappa shape index (κ2) is 7.63. The van der Waals surface area contributed by atoms with Crippen LogP contribution in [0, 0.1) is 28.4 Å². The number of pyridine rings is 1. The highest BCUT2D eigenvalue weighted by Gasteiger charge is 2.14. The molecule has 0 saturated carbocycles. The molecule has 3 rings (SSSR count). The van der Waals surface area contributed by atoms with Crippen LogP contribution in [-0.2, 0) is 6.73 Å². The number of ether oxygens (including phenoxy) is 2.